The minimum atomic E-state index is 0.707. The monoisotopic (exact) mass is 216 g/mol. The second kappa shape index (κ2) is 4.61. The Morgan fingerprint density at radius 2 is 2.00 bits per heavy atom. The van der Waals surface area contributed by atoms with Crippen LogP contribution in [0.15, 0.2) is 18.2 Å². The van der Waals surface area contributed by atoms with Crippen LogP contribution in [0.25, 0.3) is 0 Å². The molecular formula is C16H24. The summed E-state index contributed by atoms with van der Waals surface area (Å²) >= 11 is 0. The predicted molar refractivity (Wildman–Crippen MR) is 71.0 cm³/mol. The average Bonchev–Trinajstić information content (AvgIpc) is 2.70. The second-order valence-corrected chi connectivity index (χ2v) is 5.66. The van der Waals surface area contributed by atoms with E-state index in [4.69, 9.17) is 0 Å². The highest BCUT2D eigenvalue weighted by Gasteiger charge is 2.25. The zero-order chi connectivity index (χ0) is 11.7. The van der Waals surface area contributed by atoms with Crippen LogP contribution in [-0.2, 0) is 6.42 Å². The van der Waals surface area contributed by atoms with E-state index in [0.29, 0.717) is 5.92 Å². The number of fused-ring (bicyclic) bond motifs is 1. The zero-order valence-electron chi connectivity index (χ0n) is 11.1. The van der Waals surface area contributed by atoms with Crippen molar-refractivity contribution in [1.29, 1.82) is 0 Å². The molecule has 0 amide bonds. The van der Waals surface area contributed by atoms with Gasteiger partial charge in [0.15, 0.2) is 0 Å². The van der Waals surface area contributed by atoms with Gasteiger partial charge in [0, 0.05) is 0 Å². The van der Waals surface area contributed by atoms with E-state index in [2.05, 4.69) is 45.9 Å². The summed E-state index contributed by atoms with van der Waals surface area (Å²) in [5.74, 6) is 2.30. The fourth-order valence-corrected chi connectivity index (χ4v) is 2.89. The van der Waals surface area contributed by atoms with Gasteiger partial charge in [-0.1, -0.05) is 45.9 Å². The molecular weight excluding hydrogens is 192 g/mol. The Bertz CT molecular complexity index is 362. The highest BCUT2D eigenvalue weighted by Crippen LogP contribution is 2.39. The molecule has 0 aliphatic heterocycles. The molecule has 0 heteroatoms. The van der Waals surface area contributed by atoms with Gasteiger partial charge in [0.05, 0.1) is 0 Å². The summed E-state index contributed by atoms with van der Waals surface area (Å²) in [4.78, 5) is 0. The maximum Gasteiger partial charge on any atom is -0.0133 e. The summed E-state index contributed by atoms with van der Waals surface area (Å²) in [6.45, 7) is 9.32. The van der Waals surface area contributed by atoms with Crippen LogP contribution < -0.4 is 0 Å². The molecule has 16 heavy (non-hydrogen) atoms. The van der Waals surface area contributed by atoms with Gasteiger partial charge in [-0.3, -0.25) is 0 Å². The second-order valence-electron chi connectivity index (χ2n) is 5.66. The zero-order valence-corrected chi connectivity index (χ0v) is 11.1. The molecule has 0 bridgehead atoms. The minimum Gasteiger partial charge on any atom is -0.0648 e. The molecule has 0 saturated heterocycles. The van der Waals surface area contributed by atoms with Crippen molar-refractivity contribution in [3.8, 4) is 0 Å². The van der Waals surface area contributed by atoms with Crippen LogP contribution in [-0.4, -0.2) is 0 Å². The van der Waals surface area contributed by atoms with Gasteiger partial charge in [0.1, 0.15) is 0 Å². The molecule has 0 radical (unpaired) electrons. The first kappa shape index (κ1) is 11.7. The summed E-state index contributed by atoms with van der Waals surface area (Å²) < 4.78 is 0. The molecule has 0 saturated carbocycles. The van der Waals surface area contributed by atoms with E-state index >= 15 is 0 Å². The number of hydrogen-bond donors (Lipinski definition) is 0. The smallest absolute Gasteiger partial charge is 0.0133 e. The van der Waals surface area contributed by atoms with Crippen LogP contribution in [0, 0.1) is 5.92 Å². The van der Waals surface area contributed by atoms with E-state index < -0.39 is 0 Å². The Kier molecular flexibility index (Phi) is 3.37. The summed E-state index contributed by atoms with van der Waals surface area (Å²) in [5.41, 5.74) is 4.78. The van der Waals surface area contributed by atoms with Gasteiger partial charge in [0.2, 0.25) is 0 Å². The lowest BCUT2D eigenvalue weighted by Crippen LogP contribution is -2.03. The summed E-state index contributed by atoms with van der Waals surface area (Å²) in [6.07, 6.45) is 3.89. The van der Waals surface area contributed by atoms with Crippen molar-refractivity contribution in [3.63, 3.8) is 0 Å². The van der Waals surface area contributed by atoms with E-state index in [1.54, 1.807) is 11.1 Å². The number of rotatable bonds is 3. The Morgan fingerprint density at radius 1 is 1.25 bits per heavy atom. The van der Waals surface area contributed by atoms with Crippen molar-refractivity contribution in [2.75, 3.05) is 0 Å². The Labute approximate surface area is 100 Å². The first-order valence-electron chi connectivity index (χ1n) is 6.76. The summed E-state index contributed by atoms with van der Waals surface area (Å²) in [7, 11) is 0. The highest BCUT2D eigenvalue weighted by atomic mass is 14.3. The molecule has 1 aromatic carbocycles. The Morgan fingerprint density at radius 3 is 2.62 bits per heavy atom. The topological polar surface area (TPSA) is 0 Å². The third-order valence-electron chi connectivity index (χ3n) is 4.28. The molecule has 1 aliphatic carbocycles. The maximum absolute atomic E-state index is 2.49. The minimum absolute atomic E-state index is 0.707. The van der Waals surface area contributed by atoms with Gasteiger partial charge in [-0.25, -0.2) is 0 Å². The van der Waals surface area contributed by atoms with E-state index in [0.717, 1.165) is 11.8 Å². The molecule has 0 N–H and O–H groups in total. The highest BCUT2D eigenvalue weighted by molar-refractivity contribution is 5.39. The Hall–Kier alpha value is -0.780. The van der Waals surface area contributed by atoms with Gasteiger partial charge in [-0.2, -0.15) is 0 Å². The van der Waals surface area contributed by atoms with Crippen LogP contribution in [0.4, 0.5) is 0 Å². The average molecular weight is 216 g/mol. The van der Waals surface area contributed by atoms with Gasteiger partial charge in [-0.15, -0.1) is 0 Å². The fourth-order valence-electron chi connectivity index (χ4n) is 2.89. The lowest BCUT2D eigenvalue weighted by atomic mass is 9.87. The van der Waals surface area contributed by atoms with E-state index in [-0.39, 0.29) is 0 Å². The van der Waals surface area contributed by atoms with Crippen molar-refractivity contribution >= 4 is 0 Å². The number of hydrogen-bond acceptors (Lipinski definition) is 0. The van der Waals surface area contributed by atoms with Gasteiger partial charge < -0.3 is 0 Å². The summed E-state index contributed by atoms with van der Waals surface area (Å²) in [5, 5.41) is 0. The SMILES string of the molecule is CCC(C)c1ccc2c(c1)C(C(C)C)CC2. The molecule has 2 atom stereocenters. The van der Waals surface area contributed by atoms with E-state index in [9.17, 15) is 0 Å². The third kappa shape index (κ3) is 2.03. The lowest BCUT2D eigenvalue weighted by molar-refractivity contribution is 0.495. The molecule has 0 fully saturated rings. The molecule has 88 valence electrons. The predicted octanol–water partition coefficient (Wildman–Crippen LogP) is 4.89. The molecule has 0 aromatic heterocycles. The van der Waals surface area contributed by atoms with Gasteiger partial charge >= 0.3 is 0 Å². The van der Waals surface area contributed by atoms with Crippen molar-refractivity contribution in [2.24, 2.45) is 5.92 Å². The van der Waals surface area contributed by atoms with Crippen LogP contribution >= 0.6 is 0 Å². The normalized spacial score (nSPS) is 21.2. The van der Waals surface area contributed by atoms with Gasteiger partial charge in [-0.05, 0) is 53.7 Å². The van der Waals surface area contributed by atoms with Crippen molar-refractivity contribution < 1.29 is 0 Å². The van der Waals surface area contributed by atoms with Crippen LogP contribution in [0.1, 0.15) is 69.1 Å². The molecule has 2 rings (SSSR count). The number of aryl methyl sites for hydroxylation is 1. The standard InChI is InChI=1S/C16H24/c1-5-12(4)14-7-6-13-8-9-15(11(2)3)16(13)10-14/h6-7,10-12,15H,5,8-9H2,1-4H3. The maximum atomic E-state index is 2.49. The van der Waals surface area contributed by atoms with Crippen LogP contribution in [0.2, 0.25) is 0 Å². The first-order valence-corrected chi connectivity index (χ1v) is 6.76. The number of benzene rings is 1. The molecule has 0 heterocycles. The Balaban J connectivity index is 2.33. The molecule has 2 unspecified atom stereocenters. The largest absolute Gasteiger partial charge is 0.0648 e. The van der Waals surface area contributed by atoms with E-state index in [1.807, 2.05) is 0 Å². The molecule has 0 nitrogen and oxygen atoms in total. The molecule has 1 aliphatic rings. The molecule has 0 spiro atoms. The first-order chi connectivity index (χ1) is 7.63. The lowest BCUT2D eigenvalue weighted by Gasteiger charge is -2.18. The van der Waals surface area contributed by atoms with Crippen molar-refractivity contribution in [3.05, 3.63) is 34.9 Å². The summed E-state index contributed by atoms with van der Waals surface area (Å²) in [6, 6.07) is 7.20. The van der Waals surface area contributed by atoms with Crippen molar-refractivity contribution in [2.45, 2.75) is 58.8 Å². The van der Waals surface area contributed by atoms with E-state index in [1.165, 1.54) is 24.8 Å². The quantitative estimate of drug-likeness (QED) is 0.675. The third-order valence-corrected chi connectivity index (χ3v) is 4.28. The molecule has 1 aromatic rings. The van der Waals surface area contributed by atoms with Crippen molar-refractivity contribution in [1.82, 2.24) is 0 Å². The van der Waals surface area contributed by atoms with Gasteiger partial charge in [0.25, 0.3) is 0 Å². The van der Waals surface area contributed by atoms with Crippen LogP contribution in [0.3, 0.4) is 0 Å². The van der Waals surface area contributed by atoms with Crippen LogP contribution in [0.5, 0.6) is 0 Å². The fraction of sp³-hybridized carbons (Fsp3) is 0.625.